The molecule has 1 rings (SSSR count). The Hall–Kier alpha value is -1.59. The molecule has 0 saturated heterocycles. The van der Waals surface area contributed by atoms with Crippen LogP contribution >= 0.6 is 0 Å². The monoisotopic (exact) mass is 251 g/mol. The number of likely N-dealkylation sites (N-methyl/N-ethyl adjacent to an activating group) is 1. The van der Waals surface area contributed by atoms with Crippen LogP contribution in [0.3, 0.4) is 0 Å². The molecule has 1 aromatic carbocycles. The Morgan fingerprint density at radius 2 is 2.11 bits per heavy atom. The van der Waals surface area contributed by atoms with Gasteiger partial charge in [0.2, 0.25) is 5.91 Å². The van der Waals surface area contributed by atoms with Gasteiger partial charge in [0, 0.05) is 6.54 Å². The van der Waals surface area contributed by atoms with Crippen molar-refractivity contribution in [2.24, 2.45) is 0 Å². The Bertz CT molecular complexity index is 405. The van der Waals surface area contributed by atoms with E-state index < -0.39 is 0 Å². The highest BCUT2D eigenvalue weighted by molar-refractivity contribution is 5.93. The van der Waals surface area contributed by atoms with Crippen LogP contribution in [0.5, 0.6) is 5.75 Å². The van der Waals surface area contributed by atoms with Gasteiger partial charge in [-0.2, -0.15) is 0 Å². The van der Waals surface area contributed by atoms with Gasteiger partial charge in [-0.05, 0) is 38.8 Å². The summed E-state index contributed by atoms with van der Waals surface area (Å²) in [6.45, 7) is 1.10. The molecule has 100 valence electrons. The number of nitrogens with one attached hydrogen (secondary N) is 2. The molecule has 0 saturated carbocycles. The van der Waals surface area contributed by atoms with Gasteiger partial charge in [-0.15, -0.1) is 0 Å². The lowest BCUT2D eigenvalue weighted by molar-refractivity contribution is -0.115. The molecule has 5 nitrogen and oxygen atoms in total. The number of anilines is 1. The lowest BCUT2D eigenvalue weighted by Gasteiger charge is -2.14. The second-order valence-corrected chi connectivity index (χ2v) is 4.35. The van der Waals surface area contributed by atoms with Crippen molar-refractivity contribution in [1.82, 2.24) is 10.2 Å². The fourth-order valence-electron chi connectivity index (χ4n) is 1.67. The Kier molecular flexibility index (Phi) is 5.61. The number of amides is 1. The largest absolute Gasteiger partial charge is 0.495 e. The fraction of sp³-hybridized carbons (Fsp3) is 0.462. The summed E-state index contributed by atoms with van der Waals surface area (Å²) in [6, 6.07) is 5.80. The van der Waals surface area contributed by atoms with E-state index in [4.69, 9.17) is 4.74 Å². The second-order valence-electron chi connectivity index (χ2n) is 4.35. The normalized spacial score (nSPS) is 10.5. The van der Waals surface area contributed by atoms with E-state index in [1.807, 2.05) is 32.3 Å². The predicted molar refractivity (Wildman–Crippen MR) is 72.9 cm³/mol. The number of carbonyl (C=O) groups is 1. The van der Waals surface area contributed by atoms with Gasteiger partial charge in [0.15, 0.2) is 0 Å². The molecule has 1 amide bonds. The van der Waals surface area contributed by atoms with Gasteiger partial charge in [0.25, 0.3) is 0 Å². The van der Waals surface area contributed by atoms with E-state index in [2.05, 4.69) is 15.5 Å². The number of rotatable bonds is 6. The van der Waals surface area contributed by atoms with Crippen molar-refractivity contribution in [3.63, 3.8) is 0 Å². The molecule has 0 aliphatic heterocycles. The van der Waals surface area contributed by atoms with Gasteiger partial charge in [0.05, 0.1) is 19.3 Å². The summed E-state index contributed by atoms with van der Waals surface area (Å²) in [5.74, 6) is 0.583. The third kappa shape index (κ3) is 4.35. The highest BCUT2D eigenvalue weighted by Gasteiger charge is 2.08. The van der Waals surface area contributed by atoms with E-state index in [1.54, 1.807) is 14.2 Å². The third-order valence-electron chi connectivity index (χ3n) is 2.37. The smallest absolute Gasteiger partial charge is 0.238 e. The molecule has 0 fully saturated rings. The molecule has 0 radical (unpaired) electrons. The average molecular weight is 251 g/mol. The van der Waals surface area contributed by atoms with Crippen LogP contribution in [0, 0.1) is 0 Å². The Morgan fingerprint density at radius 1 is 1.39 bits per heavy atom. The van der Waals surface area contributed by atoms with E-state index in [0.29, 0.717) is 11.4 Å². The van der Waals surface area contributed by atoms with E-state index in [1.165, 1.54) is 0 Å². The van der Waals surface area contributed by atoms with Crippen LogP contribution in [-0.4, -0.2) is 45.6 Å². The molecule has 0 spiro atoms. The summed E-state index contributed by atoms with van der Waals surface area (Å²) < 4.78 is 5.24. The van der Waals surface area contributed by atoms with Crippen LogP contribution in [-0.2, 0) is 11.3 Å². The molecular weight excluding hydrogens is 230 g/mol. The van der Waals surface area contributed by atoms with Crippen LogP contribution in [0.25, 0.3) is 0 Å². The Labute approximate surface area is 108 Å². The van der Waals surface area contributed by atoms with Crippen molar-refractivity contribution in [3.05, 3.63) is 23.8 Å². The summed E-state index contributed by atoms with van der Waals surface area (Å²) >= 11 is 0. The highest BCUT2D eigenvalue weighted by Crippen LogP contribution is 2.25. The summed E-state index contributed by atoms with van der Waals surface area (Å²) in [5.41, 5.74) is 1.83. The molecule has 0 atom stereocenters. The molecule has 5 heteroatoms. The zero-order chi connectivity index (χ0) is 13.5. The summed E-state index contributed by atoms with van der Waals surface area (Å²) in [4.78, 5) is 13.6. The maximum absolute atomic E-state index is 11.6. The van der Waals surface area contributed by atoms with Crippen LogP contribution in [0.4, 0.5) is 5.69 Å². The van der Waals surface area contributed by atoms with Crippen LogP contribution in [0.2, 0.25) is 0 Å². The van der Waals surface area contributed by atoms with Gasteiger partial charge in [-0.1, -0.05) is 6.07 Å². The molecule has 0 bridgehead atoms. The predicted octanol–water partition coefficient (Wildman–Crippen LogP) is 0.915. The maximum atomic E-state index is 11.6. The molecule has 0 unspecified atom stereocenters. The molecule has 1 aromatic rings. The SMILES string of the molecule is CNCC(=O)Nc1cc(CN(C)C)ccc1OC. The van der Waals surface area contributed by atoms with E-state index in [0.717, 1.165) is 12.1 Å². The molecular formula is C13H21N3O2. The number of hydrogen-bond donors (Lipinski definition) is 2. The van der Waals surface area contributed by atoms with E-state index in [9.17, 15) is 4.79 Å². The first-order valence-corrected chi connectivity index (χ1v) is 5.83. The fourth-order valence-corrected chi connectivity index (χ4v) is 1.67. The number of benzene rings is 1. The summed E-state index contributed by atoms with van der Waals surface area (Å²) in [6.07, 6.45) is 0. The standard InChI is InChI=1S/C13H21N3O2/c1-14-8-13(17)15-11-7-10(9-16(2)3)5-6-12(11)18-4/h5-7,14H,8-9H2,1-4H3,(H,15,17). The van der Waals surface area contributed by atoms with Crippen molar-refractivity contribution in [3.8, 4) is 5.75 Å². The number of hydrogen-bond acceptors (Lipinski definition) is 4. The maximum Gasteiger partial charge on any atom is 0.238 e. The number of ether oxygens (including phenoxy) is 1. The lowest BCUT2D eigenvalue weighted by atomic mass is 10.1. The van der Waals surface area contributed by atoms with Gasteiger partial charge >= 0.3 is 0 Å². The van der Waals surface area contributed by atoms with Crippen LogP contribution in [0.1, 0.15) is 5.56 Å². The summed E-state index contributed by atoms with van der Waals surface area (Å²) in [7, 11) is 7.33. The van der Waals surface area contributed by atoms with Crippen molar-refractivity contribution >= 4 is 11.6 Å². The minimum Gasteiger partial charge on any atom is -0.495 e. The zero-order valence-electron chi connectivity index (χ0n) is 11.4. The average Bonchev–Trinajstić information content (AvgIpc) is 2.28. The Balaban J connectivity index is 2.88. The first-order valence-electron chi connectivity index (χ1n) is 5.83. The number of carbonyl (C=O) groups excluding carboxylic acids is 1. The quantitative estimate of drug-likeness (QED) is 0.789. The first-order chi connectivity index (χ1) is 8.56. The molecule has 2 N–H and O–H groups in total. The molecule has 0 aromatic heterocycles. The van der Waals surface area contributed by atoms with Gasteiger partial charge in [-0.3, -0.25) is 4.79 Å². The molecule has 0 aliphatic rings. The minimum atomic E-state index is -0.0854. The topological polar surface area (TPSA) is 53.6 Å². The first kappa shape index (κ1) is 14.5. The van der Waals surface area contributed by atoms with Gasteiger partial charge in [-0.25, -0.2) is 0 Å². The van der Waals surface area contributed by atoms with Crippen molar-refractivity contribution in [2.75, 3.05) is 40.1 Å². The summed E-state index contributed by atoms with van der Waals surface area (Å²) in [5, 5.41) is 5.64. The zero-order valence-corrected chi connectivity index (χ0v) is 11.4. The van der Waals surface area contributed by atoms with Crippen molar-refractivity contribution in [2.45, 2.75) is 6.54 Å². The third-order valence-corrected chi connectivity index (χ3v) is 2.37. The Morgan fingerprint density at radius 3 is 2.67 bits per heavy atom. The van der Waals surface area contributed by atoms with E-state index >= 15 is 0 Å². The molecule has 0 aliphatic carbocycles. The van der Waals surface area contributed by atoms with Crippen molar-refractivity contribution in [1.29, 1.82) is 0 Å². The van der Waals surface area contributed by atoms with Crippen LogP contribution < -0.4 is 15.4 Å². The molecule has 0 heterocycles. The van der Waals surface area contributed by atoms with Crippen molar-refractivity contribution < 1.29 is 9.53 Å². The van der Waals surface area contributed by atoms with E-state index in [-0.39, 0.29) is 12.5 Å². The minimum absolute atomic E-state index is 0.0854. The van der Waals surface area contributed by atoms with Gasteiger partial charge < -0.3 is 20.3 Å². The number of nitrogens with zero attached hydrogens (tertiary/aromatic N) is 1. The lowest BCUT2D eigenvalue weighted by Crippen LogP contribution is -2.25. The highest BCUT2D eigenvalue weighted by atomic mass is 16.5. The number of methoxy groups -OCH3 is 1. The molecule has 18 heavy (non-hydrogen) atoms. The van der Waals surface area contributed by atoms with Crippen LogP contribution in [0.15, 0.2) is 18.2 Å². The van der Waals surface area contributed by atoms with Gasteiger partial charge in [0.1, 0.15) is 5.75 Å². The second kappa shape index (κ2) is 6.98.